The zero-order valence-electron chi connectivity index (χ0n) is 15.5. The van der Waals surface area contributed by atoms with Crippen LogP contribution in [0.5, 0.6) is 0 Å². The molecule has 0 aliphatic heterocycles. The fourth-order valence-electron chi connectivity index (χ4n) is 4.57. The maximum Gasteiger partial charge on any atom is 0.172 e. The molecule has 3 rings (SSSR count). The molecule has 6 unspecified atom stereocenters. The lowest BCUT2D eigenvalue weighted by Gasteiger charge is -2.52. The molecule has 0 bridgehead atoms. The number of aliphatic hydroxyl groups excluding tert-OH is 3. The highest BCUT2D eigenvalue weighted by molar-refractivity contribution is 6.16. The summed E-state index contributed by atoms with van der Waals surface area (Å²) in [6, 6.07) is 0. The maximum atomic E-state index is 13.4. The Labute approximate surface area is 148 Å². The van der Waals surface area contributed by atoms with Gasteiger partial charge in [-0.2, -0.15) is 0 Å². The molecular weight excluding hydrogens is 320 g/mol. The quantitative estimate of drug-likeness (QED) is 0.578. The number of hydrogen-bond acceptors (Lipinski definition) is 5. The summed E-state index contributed by atoms with van der Waals surface area (Å²) >= 11 is 0. The van der Waals surface area contributed by atoms with E-state index in [0.717, 1.165) is 0 Å². The third-order valence-corrected chi connectivity index (χ3v) is 7.16. The molecule has 3 aliphatic carbocycles. The molecule has 0 aromatic carbocycles. The molecule has 0 heterocycles. The second kappa shape index (κ2) is 5.35. The van der Waals surface area contributed by atoms with Crippen molar-refractivity contribution < 1.29 is 24.9 Å². The summed E-state index contributed by atoms with van der Waals surface area (Å²) in [5.74, 6) is -1.35. The number of Topliss-reactive ketones (excluding diaryl/α,β-unsaturated/α-hetero) is 2. The Hall–Kier alpha value is -1.30. The molecule has 25 heavy (non-hydrogen) atoms. The second-order valence-electron chi connectivity index (χ2n) is 8.99. The Morgan fingerprint density at radius 1 is 1.00 bits per heavy atom. The molecule has 3 N–H and O–H groups in total. The van der Waals surface area contributed by atoms with E-state index in [9.17, 15) is 24.9 Å². The van der Waals surface area contributed by atoms with Gasteiger partial charge in [0.1, 0.15) is 0 Å². The highest BCUT2D eigenvalue weighted by Crippen LogP contribution is 2.58. The van der Waals surface area contributed by atoms with Crippen LogP contribution in [0, 0.1) is 22.2 Å². The number of aliphatic hydroxyl groups is 3. The van der Waals surface area contributed by atoms with E-state index < -0.39 is 40.5 Å². The first kappa shape index (κ1) is 18.5. The van der Waals surface area contributed by atoms with Gasteiger partial charge in [0.15, 0.2) is 11.6 Å². The van der Waals surface area contributed by atoms with Gasteiger partial charge >= 0.3 is 0 Å². The van der Waals surface area contributed by atoms with E-state index in [0.29, 0.717) is 12.8 Å². The van der Waals surface area contributed by atoms with Crippen LogP contribution in [0.3, 0.4) is 0 Å². The van der Waals surface area contributed by atoms with E-state index in [-0.39, 0.29) is 22.7 Å². The van der Waals surface area contributed by atoms with Crippen LogP contribution in [0.1, 0.15) is 47.5 Å². The van der Waals surface area contributed by atoms with Gasteiger partial charge in [-0.3, -0.25) is 9.59 Å². The van der Waals surface area contributed by atoms with E-state index in [1.165, 1.54) is 0 Å². The lowest BCUT2D eigenvalue weighted by atomic mass is 9.51. The van der Waals surface area contributed by atoms with Gasteiger partial charge in [-0.25, -0.2) is 0 Å². The summed E-state index contributed by atoms with van der Waals surface area (Å²) in [6.45, 7) is 8.97. The minimum atomic E-state index is -1.16. The second-order valence-corrected chi connectivity index (χ2v) is 8.99. The normalized spacial score (nSPS) is 46.6. The van der Waals surface area contributed by atoms with Crippen LogP contribution in [-0.4, -0.2) is 45.2 Å². The van der Waals surface area contributed by atoms with Crippen LogP contribution < -0.4 is 0 Å². The van der Waals surface area contributed by atoms with Crippen LogP contribution in [0.4, 0.5) is 0 Å². The number of ketones is 2. The number of allylic oxidation sites excluding steroid dienone is 1. The largest absolute Gasteiger partial charge is 0.392 e. The van der Waals surface area contributed by atoms with Crippen molar-refractivity contribution in [3.05, 3.63) is 23.3 Å². The average molecular weight is 348 g/mol. The molecule has 5 heteroatoms. The molecular formula is C20H28O5. The van der Waals surface area contributed by atoms with Gasteiger partial charge in [0.05, 0.1) is 23.7 Å². The first-order valence-corrected chi connectivity index (χ1v) is 8.96. The Kier molecular flexibility index (Phi) is 3.96. The van der Waals surface area contributed by atoms with Crippen LogP contribution in [0.15, 0.2) is 23.3 Å². The molecule has 0 fully saturated rings. The number of carbonyl (C=O) groups excluding carboxylic acids is 2. The molecule has 5 nitrogen and oxygen atoms in total. The fourth-order valence-corrected chi connectivity index (χ4v) is 4.57. The predicted molar refractivity (Wildman–Crippen MR) is 92.6 cm³/mol. The van der Waals surface area contributed by atoms with Gasteiger partial charge in [0.25, 0.3) is 0 Å². The van der Waals surface area contributed by atoms with Crippen molar-refractivity contribution in [1.82, 2.24) is 0 Å². The molecule has 0 aromatic rings. The molecule has 0 radical (unpaired) electrons. The summed E-state index contributed by atoms with van der Waals surface area (Å²) in [5, 5.41) is 32.0. The van der Waals surface area contributed by atoms with Crippen molar-refractivity contribution in [2.75, 3.05) is 0 Å². The van der Waals surface area contributed by atoms with Crippen LogP contribution in [-0.2, 0) is 9.59 Å². The van der Waals surface area contributed by atoms with Crippen molar-refractivity contribution >= 4 is 11.6 Å². The van der Waals surface area contributed by atoms with E-state index in [1.54, 1.807) is 26.8 Å². The minimum absolute atomic E-state index is 0.0766. The summed E-state index contributed by atoms with van der Waals surface area (Å²) in [4.78, 5) is 25.9. The van der Waals surface area contributed by atoms with E-state index >= 15 is 0 Å². The smallest absolute Gasteiger partial charge is 0.172 e. The Morgan fingerprint density at radius 2 is 1.60 bits per heavy atom. The third kappa shape index (κ3) is 2.19. The van der Waals surface area contributed by atoms with Gasteiger partial charge < -0.3 is 15.3 Å². The number of fused-ring (bicyclic) bond motifs is 1. The van der Waals surface area contributed by atoms with Gasteiger partial charge in [0.2, 0.25) is 0 Å². The Bertz CT molecular complexity index is 703. The molecule has 0 amide bonds. The maximum absolute atomic E-state index is 13.4. The van der Waals surface area contributed by atoms with Gasteiger partial charge in [-0.1, -0.05) is 39.8 Å². The average Bonchev–Trinajstić information content (AvgIpc) is 2.78. The first-order valence-electron chi connectivity index (χ1n) is 8.96. The third-order valence-electron chi connectivity index (χ3n) is 7.16. The van der Waals surface area contributed by atoms with Crippen molar-refractivity contribution in [2.45, 2.75) is 65.8 Å². The van der Waals surface area contributed by atoms with E-state index in [1.807, 2.05) is 19.9 Å². The van der Waals surface area contributed by atoms with Crippen molar-refractivity contribution in [2.24, 2.45) is 22.2 Å². The summed E-state index contributed by atoms with van der Waals surface area (Å²) in [5.41, 5.74) is -2.31. The number of rotatable bonds is 0. The molecule has 138 valence electrons. The molecule has 6 atom stereocenters. The minimum Gasteiger partial charge on any atom is -0.392 e. The monoisotopic (exact) mass is 348 g/mol. The Morgan fingerprint density at radius 3 is 2.20 bits per heavy atom. The first-order chi connectivity index (χ1) is 11.4. The molecule has 0 saturated carbocycles. The number of carbonyl (C=O) groups is 2. The zero-order valence-corrected chi connectivity index (χ0v) is 15.5. The van der Waals surface area contributed by atoms with Gasteiger partial charge in [0, 0.05) is 27.9 Å². The lowest BCUT2D eigenvalue weighted by Crippen LogP contribution is -2.56. The highest BCUT2D eigenvalue weighted by atomic mass is 16.3. The van der Waals surface area contributed by atoms with Gasteiger partial charge in [-0.05, 0) is 19.8 Å². The molecule has 0 spiro atoms. The SMILES string of the molecule is CC1C(=O)C2=C(C(=O)C3(C)C=CC(C)(C)C(O)CCC3(C)C2O)C1O. The van der Waals surface area contributed by atoms with Crippen LogP contribution >= 0.6 is 0 Å². The fraction of sp³-hybridized carbons (Fsp3) is 0.700. The van der Waals surface area contributed by atoms with Crippen molar-refractivity contribution in [1.29, 1.82) is 0 Å². The molecule has 3 aliphatic rings. The van der Waals surface area contributed by atoms with E-state index in [2.05, 4.69) is 0 Å². The van der Waals surface area contributed by atoms with Crippen LogP contribution in [0.25, 0.3) is 0 Å². The lowest BCUT2D eigenvalue weighted by molar-refractivity contribution is -0.139. The standard InChI is InChI=1S/C20H28O5/c1-10-14(22)12-13(15(10)23)17(25)20(5)9-8-18(2,3)11(21)6-7-19(20,4)16(12)24/h8-11,15-16,21,23-24H,6-7H2,1-5H3. The predicted octanol–water partition coefficient (Wildman–Crippen LogP) is 1.56. The summed E-state index contributed by atoms with van der Waals surface area (Å²) in [7, 11) is 0. The van der Waals surface area contributed by atoms with Crippen LogP contribution in [0.2, 0.25) is 0 Å². The topological polar surface area (TPSA) is 94.8 Å². The summed E-state index contributed by atoms with van der Waals surface area (Å²) in [6.07, 6.45) is 1.51. The molecule has 0 saturated heterocycles. The molecule has 0 aromatic heterocycles. The van der Waals surface area contributed by atoms with Crippen molar-refractivity contribution in [3.63, 3.8) is 0 Å². The van der Waals surface area contributed by atoms with Crippen molar-refractivity contribution in [3.8, 4) is 0 Å². The van der Waals surface area contributed by atoms with Gasteiger partial charge in [-0.15, -0.1) is 0 Å². The highest BCUT2D eigenvalue weighted by Gasteiger charge is 2.63. The zero-order chi connectivity index (χ0) is 18.9. The summed E-state index contributed by atoms with van der Waals surface area (Å²) < 4.78 is 0. The Balaban J connectivity index is 2.23. The van der Waals surface area contributed by atoms with E-state index in [4.69, 9.17) is 0 Å². The number of hydrogen-bond donors (Lipinski definition) is 3.